The van der Waals surface area contributed by atoms with Crippen LogP contribution in [-0.4, -0.2) is 37.9 Å². The number of H-pyrrole nitrogens is 1. The number of carbonyl (C=O) groups excluding carboxylic acids is 1. The number of aromatic amines is 1. The van der Waals surface area contributed by atoms with Gasteiger partial charge in [-0.05, 0) is 24.1 Å². The van der Waals surface area contributed by atoms with Gasteiger partial charge in [-0.2, -0.15) is 0 Å². The lowest BCUT2D eigenvalue weighted by Crippen LogP contribution is -2.03. The summed E-state index contributed by atoms with van der Waals surface area (Å²) in [7, 11) is 0. The highest BCUT2D eigenvalue weighted by Gasteiger charge is 2.11. The van der Waals surface area contributed by atoms with E-state index in [-0.39, 0.29) is 18.6 Å². The van der Waals surface area contributed by atoms with E-state index in [2.05, 4.69) is 9.97 Å². The number of nitrogens with one attached hydrogen (secondary N) is 1. The van der Waals surface area contributed by atoms with Crippen molar-refractivity contribution in [3.05, 3.63) is 65.7 Å². The monoisotopic (exact) mass is 382 g/mol. The number of aromatic nitrogens is 2. The fraction of sp³-hybridized carbons (Fsp3) is 0.238. The Bertz CT molecular complexity index is 958. The Morgan fingerprint density at radius 2 is 1.57 bits per heavy atom. The maximum absolute atomic E-state index is 12.4. The van der Waals surface area contributed by atoms with E-state index in [1.807, 2.05) is 49.4 Å². The number of aliphatic carboxylic acids is 2. The van der Waals surface area contributed by atoms with Crippen LogP contribution in [0.3, 0.4) is 0 Å². The molecule has 0 radical (unpaired) electrons. The first-order chi connectivity index (χ1) is 13.4. The molecular formula is C21H22N2O5. The van der Waals surface area contributed by atoms with Gasteiger partial charge < -0.3 is 15.2 Å². The van der Waals surface area contributed by atoms with Crippen LogP contribution in [0.2, 0.25) is 0 Å². The summed E-state index contributed by atoms with van der Waals surface area (Å²) in [5.74, 6) is -1.98. The highest BCUT2D eigenvalue weighted by molar-refractivity contribution is 6.08. The van der Waals surface area contributed by atoms with Crippen molar-refractivity contribution in [2.75, 3.05) is 0 Å². The van der Waals surface area contributed by atoms with E-state index < -0.39 is 11.9 Å². The molecule has 0 bridgehead atoms. The van der Waals surface area contributed by atoms with E-state index in [4.69, 9.17) is 10.2 Å². The van der Waals surface area contributed by atoms with E-state index in [0.29, 0.717) is 12.8 Å². The number of carboxylic acid groups (broad SMARTS) is 2. The number of fused-ring (bicyclic) bond motifs is 1. The van der Waals surface area contributed by atoms with Crippen molar-refractivity contribution in [1.82, 2.24) is 9.97 Å². The molecule has 0 amide bonds. The molecule has 28 heavy (non-hydrogen) atoms. The van der Waals surface area contributed by atoms with Crippen LogP contribution in [0, 0.1) is 6.92 Å². The number of carbonyl (C=O) groups is 3. The third-order valence-electron chi connectivity index (χ3n) is 4.17. The van der Waals surface area contributed by atoms with Crippen molar-refractivity contribution in [3.63, 3.8) is 0 Å². The molecule has 0 aliphatic carbocycles. The molecule has 0 aliphatic rings. The van der Waals surface area contributed by atoms with Crippen LogP contribution in [0.25, 0.3) is 10.8 Å². The van der Waals surface area contributed by atoms with E-state index in [1.165, 1.54) is 0 Å². The van der Waals surface area contributed by atoms with E-state index >= 15 is 0 Å². The van der Waals surface area contributed by atoms with E-state index in [9.17, 15) is 14.4 Å². The minimum Gasteiger partial charge on any atom is -0.481 e. The summed E-state index contributed by atoms with van der Waals surface area (Å²) in [6, 6.07) is 13.9. The Morgan fingerprint density at radius 1 is 0.929 bits per heavy atom. The molecular weight excluding hydrogens is 360 g/mol. The zero-order valence-electron chi connectivity index (χ0n) is 15.5. The number of hydrogen-bond acceptors (Lipinski definition) is 4. The summed E-state index contributed by atoms with van der Waals surface area (Å²) in [5, 5.41) is 17.9. The standard InChI is InChI=1S/C17H16N2O.C4H6O4/c1-12-16(19-11-18-12)9-10-17(20)15-8-4-6-13-5-2-3-7-14(13)15;5-3(6)1-2-4(7)8/h2-8,11H,9-10H2,1H3,(H,18,19);1-2H2,(H,5,6)(H,7,8). The zero-order valence-corrected chi connectivity index (χ0v) is 15.5. The fourth-order valence-corrected chi connectivity index (χ4v) is 2.69. The van der Waals surface area contributed by atoms with Gasteiger partial charge in [0.2, 0.25) is 0 Å². The normalized spacial score (nSPS) is 10.2. The first kappa shape index (κ1) is 20.8. The van der Waals surface area contributed by atoms with E-state index in [0.717, 1.165) is 27.7 Å². The van der Waals surface area contributed by atoms with Crippen molar-refractivity contribution in [2.45, 2.75) is 32.6 Å². The van der Waals surface area contributed by atoms with Gasteiger partial charge in [-0.1, -0.05) is 42.5 Å². The van der Waals surface area contributed by atoms with Gasteiger partial charge in [-0.3, -0.25) is 14.4 Å². The van der Waals surface area contributed by atoms with E-state index in [1.54, 1.807) is 6.33 Å². The molecule has 146 valence electrons. The number of carboxylic acids is 2. The van der Waals surface area contributed by atoms with Gasteiger partial charge in [0.05, 0.1) is 24.9 Å². The van der Waals surface area contributed by atoms with Crippen LogP contribution >= 0.6 is 0 Å². The predicted molar refractivity (Wildman–Crippen MR) is 104 cm³/mol. The van der Waals surface area contributed by atoms with Gasteiger partial charge in [-0.25, -0.2) is 4.98 Å². The van der Waals surface area contributed by atoms with Crippen molar-refractivity contribution in [2.24, 2.45) is 0 Å². The number of rotatable bonds is 7. The van der Waals surface area contributed by atoms with Crippen LogP contribution in [0.15, 0.2) is 48.8 Å². The number of imidazole rings is 1. The third-order valence-corrected chi connectivity index (χ3v) is 4.17. The second-order valence-corrected chi connectivity index (χ2v) is 6.21. The van der Waals surface area contributed by atoms with Crippen LogP contribution in [-0.2, 0) is 16.0 Å². The molecule has 3 rings (SSSR count). The highest BCUT2D eigenvalue weighted by atomic mass is 16.4. The molecule has 0 unspecified atom stereocenters. The average Bonchev–Trinajstić information content (AvgIpc) is 3.09. The summed E-state index contributed by atoms with van der Waals surface area (Å²) in [5.41, 5.74) is 2.81. The minimum absolute atomic E-state index is 0.171. The van der Waals surface area contributed by atoms with Gasteiger partial charge in [0.1, 0.15) is 0 Å². The summed E-state index contributed by atoms with van der Waals surface area (Å²) in [4.78, 5) is 39.0. The minimum atomic E-state index is -1.08. The summed E-state index contributed by atoms with van der Waals surface area (Å²) in [6.45, 7) is 1.98. The SMILES string of the molecule is Cc1[nH]cnc1CCC(=O)c1cccc2ccccc12.O=C(O)CCC(=O)O. The Hall–Kier alpha value is -3.48. The van der Waals surface area contributed by atoms with Crippen LogP contribution < -0.4 is 0 Å². The number of Topliss-reactive ketones (excluding diaryl/α,β-unsaturated/α-hetero) is 1. The van der Waals surface area contributed by atoms with Gasteiger partial charge in [0.15, 0.2) is 5.78 Å². The smallest absolute Gasteiger partial charge is 0.303 e. The zero-order chi connectivity index (χ0) is 20.5. The Morgan fingerprint density at radius 3 is 2.18 bits per heavy atom. The molecule has 3 aromatic rings. The molecule has 1 heterocycles. The van der Waals surface area contributed by atoms with Crippen LogP contribution in [0.5, 0.6) is 0 Å². The molecule has 3 N–H and O–H groups in total. The maximum atomic E-state index is 12.4. The fourth-order valence-electron chi connectivity index (χ4n) is 2.69. The molecule has 7 heteroatoms. The van der Waals surface area contributed by atoms with Crippen molar-refractivity contribution < 1.29 is 24.6 Å². The molecule has 0 spiro atoms. The number of ketones is 1. The lowest BCUT2D eigenvalue weighted by molar-refractivity contribution is -0.143. The van der Waals surface area contributed by atoms with Crippen molar-refractivity contribution in [1.29, 1.82) is 0 Å². The molecule has 0 fully saturated rings. The average molecular weight is 382 g/mol. The summed E-state index contributed by atoms with van der Waals surface area (Å²) in [6.07, 6.45) is 2.24. The number of nitrogens with zero attached hydrogens (tertiary/aromatic N) is 1. The predicted octanol–water partition coefficient (Wildman–Crippen LogP) is 3.62. The summed E-state index contributed by atoms with van der Waals surface area (Å²) >= 11 is 0. The topological polar surface area (TPSA) is 120 Å². The Balaban J connectivity index is 0.000000300. The maximum Gasteiger partial charge on any atom is 0.303 e. The summed E-state index contributed by atoms with van der Waals surface area (Å²) < 4.78 is 0. The largest absolute Gasteiger partial charge is 0.481 e. The number of hydrogen-bond donors (Lipinski definition) is 3. The second-order valence-electron chi connectivity index (χ2n) is 6.21. The lowest BCUT2D eigenvalue weighted by Gasteiger charge is -2.05. The first-order valence-electron chi connectivity index (χ1n) is 8.82. The Kier molecular flexibility index (Phi) is 7.45. The van der Waals surface area contributed by atoms with Crippen LogP contribution in [0.4, 0.5) is 0 Å². The molecule has 7 nitrogen and oxygen atoms in total. The molecule has 0 saturated carbocycles. The highest BCUT2D eigenvalue weighted by Crippen LogP contribution is 2.20. The molecule has 0 atom stereocenters. The van der Waals surface area contributed by atoms with Crippen molar-refractivity contribution in [3.8, 4) is 0 Å². The molecule has 0 saturated heterocycles. The molecule has 1 aromatic heterocycles. The van der Waals surface area contributed by atoms with Crippen molar-refractivity contribution >= 4 is 28.5 Å². The lowest BCUT2D eigenvalue weighted by atomic mass is 9.98. The number of aryl methyl sites for hydroxylation is 2. The quantitative estimate of drug-likeness (QED) is 0.537. The third kappa shape index (κ3) is 6.05. The first-order valence-corrected chi connectivity index (χ1v) is 8.82. The number of benzene rings is 2. The second kappa shape index (κ2) is 10.0. The van der Waals surface area contributed by atoms with Crippen LogP contribution in [0.1, 0.15) is 41.0 Å². The van der Waals surface area contributed by atoms with Gasteiger partial charge in [-0.15, -0.1) is 0 Å². The van der Waals surface area contributed by atoms with Gasteiger partial charge in [0.25, 0.3) is 0 Å². The Labute approximate surface area is 162 Å². The van der Waals surface area contributed by atoms with Gasteiger partial charge >= 0.3 is 11.9 Å². The molecule has 2 aromatic carbocycles. The molecule has 0 aliphatic heterocycles. The van der Waals surface area contributed by atoms with Gasteiger partial charge in [0, 0.05) is 17.7 Å².